The van der Waals surface area contributed by atoms with E-state index in [0.717, 1.165) is 16.4 Å². The van der Waals surface area contributed by atoms with E-state index in [1.54, 1.807) is 60.7 Å². The molecule has 0 radical (unpaired) electrons. The van der Waals surface area contributed by atoms with E-state index < -0.39 is 35.6 Å². The molecule has 0 saturated carbocycles. The van der Waals surface area contributed by atoms with Crippen molar-refractivity contribution < 1.29 is 55.9 Å². The van der Waals surface area contributed by atoms with Crippen molar-refractivity contribution in [2.45, 2.75) is 9.79 Å². The van der Waals surface area contributed by atoms with Crippen molar-refractivity contribution >= 4 is 54.3 Å². The zero-order valence-electron chi connectivity index (χ0n) is 20.8. The fourth-order valence-corrected chi connectivity index (χ4v) is 5.48. The Balaban J connectivity index is 0.00000420. The third kappa shape index (κ3) is 6.95. The molecule has 39 heavy (non-hydrogen) atoms. The van der Waals surface area contributed by atoms with Gasteiger partial charge in [0.2, 0.25) is 0 Å². The first kappa shape index (κ1) is 30.1. The minimum Gasteiger partial charge on any atom is -0.744 e. The summed E-state index contributed by atoms with van der Waals surface area (Å²) in [7, 11) is -7.72. The minimum absolute atomic E-state index is 0. The summed E-state index contributed by atoms with van der Waals surface area (Å²) in [5.41, 5.74) is 0.341. The normalized spacial score (nSPS) is 11.2. The first-order chi connectivity index (χ1) is 18.0. The number of benzene rings is 4. The summed E-state index contributed by atoms with van der Waals surface area (Å²) in [6.45, 7) is 0. The van der Waals surface area contributed by atoms with Crippen LogP contribution >= 0.6 is 0 Å². The van der Waals surface area contributed by atoms with Gasteiger partial charge in [0.1, 0.15) is 15.8 Å². The van der Waals surface area contributed by atoms with Crippen LogP contribution in [0.4, 0.5) is 34.1 Å². The molecule has 0 aliphatic heterocycles. The number of sulfonamides is 1. The summed E-state index contributed by atoms with van der Waals surface area (Å²) in [5.74, 6) is 0. The second-order valence-corrected chi connectivity index (χ2v) is 11.3. The van der Waals surface area contributed by atoms with Crippen molar-refractivity contribution in [1.82, 2.24) is 0 Å². The minimum atomic E-state index is -4.93. The van der Waals surface area contributed by atoms with E-state index in [1.807, 2.05) is 0 Å². The van der Waals surface area contributed by atoms with Crippen LogP contribution in [0.3, 0.4) is 0 Å². The molecule has 4 aromatic rings. The summed E-state index contributed by atoms with van der Waals surface area (Å²) >= 11 is 0. The van der Waals surface area contributed by atoms with Crippen LogP contribution in [-0.2, 0) is 20.1 Å². The average Bonchev–Trinajstić information content (AvgIpc) is 2.89. The number of hydrogen-bond donors (Lipinski definition) is 2. The number of nitro benzene ring substituents is 1. The molecular formula is C25H21N4NaO7S2. The number of nitro groups is 1. The van der Waals surface area contributed by atoms with Crippen LogP contribution in [-0.4, -0.2) is 33.4 Å². The molecule has 196 valence electrons. The Hall–Kier alpha value is -3.46. The second-order valence-electron chi connectivity index (χ2n) is 8.03. The number of anilines is 5. The Bertz CT molecular complexity index is 1700. The van der Waals surface area contributed by atoms with Crippen molar-refractivity contribution in [1.29, 1.82) is 0 Å². The zero-order valence-corrected chi connectivity index (χ0v) is 24.4. The van der Waals surface area contributed by atoms with E-state index in [0.29, 0.717) is 11.4 Å². The van der Waals surface area contributed by atoms with Gasteiger partial charge in [0.05, 0.1) is 26.1 Å². The van der Waals surface area contributed by atoms with Crippen LogP contribution in [0.25, 0.3) is 0 Å². The molecule has 2 N–H and O–H groups in total. The Labute approximate surface area is 247 Å². The van der Waals surface area contributed by atoms with Gasteiger partial charge in [-0.3, -0.25) is 14.4 Å². The summed E-state index contributed by atoms with van der Waals surface area (Å²) in [4.78, 5) is 10.2. The van der Waals surface area contributed by atoms with Crippen LogP contribution in [0.15, 0.2) is 107 Å². The van der Waals surface area contributed by atoms with Crippen LogP contribution in [0, 0.1) is 10.1 Å². The molecule has 0 saturated heterocycles. The predicted octanol–water partition coefficient (Wildman–Crippen LogP) is 1.82. The largest absolute Gasteiger partial charge is 1.00 e. The smallest absolute Gasteiger partial charge is 0.744 e. The number of rotatable bonds is 9. The molecule has 0 aliphatic rings. The maximum atomic E-state index is 13.1. The van der Waals surface area contributed by atoms with Gasteiger partial charge in [-0.25, -0.2) is 16.8 Å². The molecule has 0 bridgehead atoms. The average molecular weight is 577 g/mol. The maximum Gasteiger partial charge on any atom is 1.00 e. The molecular weight excluding hydrogens is 555 g/mol. The van der Waals surface area contributed by atoms with E-state index in [4.69, 9.17) is 0 Å². The van der Waals surface area contributed by atoms with Gasteiger partial charge in [-0.15, -0.1) is 0 Å². The van der Waals surface area contributed by atoms with E-state index >= 15 is 0 Å². The first-order valence-corrected chi connectivity index (χ1v) is 13.8. The summed E-state index contributed by atoms with van der Waals surface area (Å²) in [6.07, 6.45) is 0. The van der Waals surface area contributed by atoms with Crippen LogP contribution < -0.4 is 44.5 Å². The Kier molecular flexibility index (Phi) is 9.38. The van der Waals surface area contributed by atoms with Crippen molar-refractivity contribution in [3.63, 3.8) is 0 Å². The summed E-state index contributed by atoms with van der Waals surface area (Å²) in [5, 5.41) is 17.4. The predicted molar refractivity (Wildman–Crippen MR) is 143 cm³/mol. The molecule has 0 atom stereocenters. The van der Waals surface area contributed by atoms with Crippen molar-refractivity contribution in [3.05, 3.63) is 107 Å². The van der Waals surface area contributed by atoms with Crippen molar-refractivity contribution in [2.75, 3.05) is 22.0 Å². The first-order valence-electron chi connectivity index (χ1n) is 11.0. The number of para-hydroxylation sites is 2. The molecule has 4 rings (SSSR count). The standard InChI is InChI=1S/C25H22N4O7S2.Na/c1-28(20-10-6-3-7-11-20)37(32,33)21-13-15-22(24(17-21)29(30)31)27-19-12-14-23(25(16-19)38(34,35)36)26-18-8-4-2-5-9-18;/h2-17,26-27H,1H3,(H,34,35,36);/q;+1/p-1. The molecule has 0 aromatic heterocycles. The zero-order chi connectivity index (χ0) is 27.5. The van der Waals surface area contributed by atoms with Gasteiger partial charge in [-0.1, -0.05) is 36.4 Å². The molecule has 0 spiro atoms. The van der Waals surface area contributed by atoms with Gasteiger partial charge < -0.3 is 15.2 Å². The Morgan fingerprint density at radius 3 is 1.90 bits per heavy atom. The van der Waals surface area contributed by atoms with Crippen molar-refractivity contribution in [3.8, 4) is 0 Å². The van der Waals surface area contributed by atoms with Crippen LogP contribution in [0.1, 0.15) is 0 Å². The Morgan fingerprint density at radius 2 is 1.31 bits per heavy atom. The monoisotopic (exact) mass is 576 g/mol. The third-order valence-electron chi connectivity index (χ3n) is 5.53. The summed E-state index contributed by atoms with van der Waals surface area (Å²) < 4.78 is 63.1. The molecule has 14 heteroatoms. The topological polar surface area (TPSA) is 162 Å². The maximum absolute atomic E-state index is 13.1. The van der Waals surface area contributed by atoms with Gasteiger partial charge >= 0.3 is 29.6 Å². The molecule has 0 amide bonds. The fraction of sp³-hybridized carbons (Fsp3) is 0.0400. The van der Waals surface area contributed by atoms with Crippen LogP contribution in [0.5, 0.6) is 0 Å². The number of hydrogen-bond acceptors (Lipinski definition) is 9. The Morgan fingerprint density at radius 1 is 0.744 bits per heavy atom. The van der Waals surface area contributed by atoms with Gasteiger partial charge in [0.15, 0.2) is 0 Å². The fourth-order valence-electron chi connectivity index (χ4n) is 3.61. The molecule has 4 aromatic carbocycles. The molecule has 0 fully saturated rings. The molecule has 0 heterocycles. The molecule has 0 unspecified atom stereocenters. The van der Waals surface area contributed by atoms with E-state index in [-0.39, 0.29) is 51.5 Å². The van der Waals surface area contributed by atoms with E-state index in [9.17, 15) is 31.5 Å². The third-order valence-corrected chi connectivity index (χ3v) is 8.18. The van der Waals surface area contributed by atoms with Gasteiger partial charge in [-0.2, -0.15) is 0 Å². The molecule has 0 aliphatic carbocycles. The van der Waals surface area contributed by atoms with E-state index in [2.05, 4.69) is 10.6 Å². The number of nitrogens with zero attached hydrogens (tertiary/aromatic N) is 2. The second kappa shape index (κ2) is 12.2. The van der Waals surface area contributed by atoms with Crippen molar-refractivity contribution in [2.24, 2.45) is 0 Å². The van der Waals surface area contributed by atoms with Crippen LogP contribution in [0.2, 0.25) is 0 Å². The van der Waals surface area contributed by atoms with E-state index in [1.165, 1.54) is 31.3 Å². The van der Waals surface area contributed by atoms with Gasteiger partial charge in [0, 0.05) is 24.5 Å². The van der Waals surface area contributed by atoms with Gasteiger partial charge in [-0.05, 0) is 54.6 Å². The SMILES string of the molecule is CN(c1ccccc1)S(=O)(=O)c1ccc(Nc2ccc(Nc3ccccc3)c(S(=O)(=O)[O-])c2)c([N+](=O)[O-])c1.[Na+]. The summed E-state index contributed by atoms with van der Waals surface area (Å²) in [6, 6.07) is 23.9. The number of nitrogens with one attached hydrogen (secondary N) is 2. The molecule has 11 nitrogen and oxygen atoms in total. The quantitative estimate of drug-likeness (QED) is 0.131. The van der Waals surface area contributed by atoms with Gasteiger partial charge in [0.25, 0.3) is 15.7 Å².